The molecule has 0 unspecified atom stereocenters. The maximum Gasteiger partial charge on any atom is 0.0541 e. The van der Waals surface area contributed by atoms with Crippen LogP contribution in [-0.2, 0) is 0 Å². The number of fused-ring (bicyclic) bond motifs is 9. The van der Waals surface area contributed by atoms with Gasteiger partial charge in [0.1, 0.15) is 0 Å². The first-order valence-corrected chi connectivity index (χ1v) is 21.0. The topological polar surface area (TPSA) is 8.17 Å². The number of thiophene rings is 1. The number of benzene rings is 10. The molecule has 0 fully saturated rings. The van der Waals surface area contributed by atoms with Gasteiger partial charge in [0.2, 0.25) is 0 Å². The van der Waals surface area contributed by atoms with Crippen LogP contribution in [0.25, 0.3) is 91.5 Å². The van der Waals surface area contributed by atoms with Gasteiger partial charge in [-0.2, -0.15) is 0 Å². The summed E-state index contributed by atoms with van der Waals surface area (Å²) >= 11 is 1.86. The fourth-order valence-electron chi connectivity index (χ4n) is 9.31. The van der Waals surface area contributed by atoms with Crippen molar-refractivity contribution in [3.63, 3.8) is 0 Å². The quantitative estimate of drug-likeness (QED) is 0.153. The SMILES string of the molecule is c1cc(N(c2ccc(-c3cccc4c3ccc3ccccc34)cc2)c2ccc(-c3cccc4sc5ccccc5c34)cc2)cc(-n2c3ccccc3c3ccccc32)c1. The lowest BCUT2D eigenvalue weighted by molar-refractivity contribution is 1.17. The minimum absolute atomic E-state index is 1.09. The average molecular weight is 769 g/mol. The maximum atomic E-state index is 2.40. The van der Waals surface area contributed by atoms with Gasteiger partial charge in [0, 0.05) is 53.7 Å². The monoisotopic (exact) mass is 768 g/mol. The molecule has 2 nitrogen and oxygen atoms in total. The second-order valence-corrected chi connectivity index (χ2v) is 16.4. The van der Waals surface area contributed by atoms with E-state index in [-0.39, 0.29) is 0 Å². The van der Waals surface area contributed by atoms with Gasteiger partial charge in [0.25, 0.3) is 0 Å². The predicted molar refractivity (Wildman–Crippen MR) is 254 cm³/mol. The van der Waals surface area contributed by atoms with Crippen molar-refractivity contribution >= 4 is 91.9 Å². The summed E-state index contributed by atoms with van der Waals surface area (Å²) in [7, 11) is 0. The van der Waals surface area contributed by atoms with Crippen molar-refractivity contribution < 1.29 is 0 Å². The van der Waals surface area contributed by atoms with Gasteiger partial charge in [-0.3, -0.25) is 0 Å². The molecule has 2 heterocycles. The molecule has 0 aliphatic rings. The maximum absolute atomic E-state index is 2.40. The number of anilines is 3. The second-order valence-electron chi connectivity index (χ2n) is 15.3. The molecule has 2 aromatic heterocycles. The highest BCUT2D eigenvalue weighted by atomic mass is 32.1. The van der Waals surface area contributed by atoms with Crippen LogP contribution in [0.1, 0.15) is 0 Å². The van der Waals surface area contributed by atoms with E-state index in [4.69, 9.17) is 0 Å². The van der Waals surface area contributed by atoms with E-state index in [9.17, 15) is 0 Å². The molecule has 0 atom stereocenters. The highest BCUT2D eigenvalue weighted by Crippen LogP contribution is 2.43. The van der Waals surface area contributed by atoms with E-state index in [1.54, 1.807) is 0 Å². The zero-order valence-electron chi connectivity index (χ0n) is 32.1. The van der Waals surface area contributed by atoms with Crippen LogP contribution >= 0.6 is 11.3 Å². The molecule has 12 rings (SSSR count). The Kier molecular flexibility index (Phi) is 7.75. The fraction of sp³-hybridized carbons (Fsp3) is 0. The van der Waals surface area contributed by atoms with E-state index in [1.165, 1.54) is 85.8 Å². The lowest BCUT2D eigenvalue weighted by atomic mass is 9.94. The van der Waals surface area contributed by atoms with Crippen molar-refractivity contribution in [2.24, 2.45) is 0 Å². The molecule has 0 saturated heterocycles. The minimum Gasteiger partial charge on any atom is -0.310 e. The largest absolute Gasteiger partial charge is 0.310 e. The first kappa shape index (κ1) is 33.7. The summed E-state index contributed by atoms with van der Waals surface area (Å²) < 4.78 is 5.03. The van der Waals surface area contributed by atoms with Crippen LogP contribution in [0.15, 0.2) is 218 Å². The molecule has 0 aliphatic heterocycles. The van der Waals surface area contributed by atoms with Crippen molar-refractivity contribution in [3.05, 3.63) is 218 Å². The Labute approximate surface area is 346 Å². The van der Waals surface area contributed by atoms with Crippen LogP contribution in [-0.4, -0.2) is 4.57 Å². The third kappa shape index (κ3) is 5.47. The van der Waals surface area contributed by atoms with Gasteiger partial charge in [-0.25, -0.2) is 0 Å². The molecular weight excluding hydrogens is 733 g/mol. The van der Waals surface area contributed by atoms with Gasteiger partial charge in [-0.15, -0.1) is 11.3 Å². The molecule has 10 aromatic carbocycles. The molecule has 3 heteroatoms. The Hall–Kier alpha value is -7.46. The summed E-state index contributed by atoms with van der Waals surface area (Å²) in [5.74, 6) is 0. The summed E-state index contributed by atoms with van der Waals surface area (Å²) in [4.78, 5) is 2.39. The number of aromatic nitrogens is 1. The third-order valence-corrected chi connectivity index (χ3v) is 13.1. The van der Waals surface area contributed by atoms with E-state index >= 15 is 0 Å². The number of nitrogens with zero attached hydrogens (tertiary/aromatic N) is 2. The third-order valence-electron chi connectivity index (χ3n) is 12.0. The molecule has 59 heavy (non-hydrogen) atoms. The van der Waals surface area contributed by atoms with Crippen LogP contribution in [0.3, 0.4) is 0 Å². The number of para-hydroxylation sites is 2. The van der Waals surface area contributed by atoms with Gasteiger partial charge in [-0.1, -0.05) is 152 Å². The minimum atomic E-state index is 1.09. The van der Waals surface area contributed by atoms with E-state index in [0.717, 1.165) is 22.7 Å². The van der Waals surface area contributed by atoms with Gasteiger partial charge in [-0.05, 0) is 111 Å². The second kappa shape index (κ2) is 13.6. The lowest BCUT2D eigenvalue weighted by Gasteiger charge is -2.27. The summed E-state index contributed by atoms with van der Waals surface area (Å²) in [6.07, 6.45) is 0. The van der Waals surface area contributed by atoms with Crippen molar-refractivity contribution in [1.82, 2.24) is 4.57 Å². The number of hydrogen-bond acceptors (Lipinski definition) is 2. The summed E-state index contributed by atoms with van der Waals surface area (Å²) in [5.41, 5.74) is 11.7. The van der Waals surface area contributed by atoms with Crippen LogP contribution in [0, 0.1) is 0 Å². The van der Waals surface area contributed by atoms with E-state index in [0.29, 0.717) is 0 Å². The van der Waals surface area contributed by atoms with Crippen molar-refractivity contribution in [1.29, 1.82) is 0 Å². The first-order chi connectivity index (χ1) is 29.3. The Balaban J connectivity index is 1.00. The predicted octanol–water partition coefficient (Wildman–Crippen LogP) is 16.3. The number of hydrogen-bond donors (Lipinski definition) is 0. The molecule has 0 radical (unpaired) electrons. The average Bonchev–Trinajstić information content (AvgIpc) is 3.86. The molecule has 12 aromatic rings. The molecule has 0 spiro atoms. The Morgan fingerprint density at radius 3 is 1.64 bits per heavy atom. The van der Waals surface area contributed by atoms with Crippen LogP contribution in [0.4, 0.5) is 17.1 Å². The molecule has 0 saturated carbocycles. The van der Waals surface area contributed by atoms with Crippen molar-refractivity contribution in [3.8, 4) is 27.9 Å². The Morgan fingerprint density at radius 1 is 0.339 bits per heavy atom. The van der Waals surface area contributed by atoms with Crippen molar-refractivity contribution in [2.45, 2.75) is 0 Å². The van der Waals surface area contributed by atoms with E-state index < -0.39 is 0 Å². The molecule has 0 amide bonds. The first-order valence-electron chi connectivity index (χ1n) is 20.2. The van der Waals surface area contributed by atoms with Crippen molar-refractivity contribution in [2.75, 3.05) is 4.90 Å². The number of rotatable bonds is 6. The normalized spacial score (nSPS) is 11.7. The van der Waals surface area contributed by atoms with Gasteiger partial charge in [0.15, 0.2) is 0 Å². The highest BCUT2D eigenvalue weighted by Gasteiger charge is 2.18. The fourth-order valence-corrected chi connectivity index (χ4v) is 10.4. The van der Waals surface area contributed by atoms with Crippen LogP contribution in [0.5, 0.6) is 0 Å². The van der Waals surface area contributed by atoms with E-state index in [2.05, 4.69) is 228 Å². The summed E-state index contributed by atoms with van der Waals surface area (Å²) in [5, 5.41) is 10.2. The summed E-state index contributed by atoms with van der Waals surface area (Å²) in [6, 6.07) is 79.9. The lowest BCUT2D eigenvalue weighted by Crippen LogP contribution is -2.10. The standard InChI is InChI=1S/C56H36N2S/c1-2-15-44-37(12-1)30-35-48-45(19-10-21-47(44)48)38-26-31-40(32-27-38)57(41-33-28-39(29-34-41)46-20-11-25-55-56(46)51-18-5-8-24-54(51)59-55)42-13-9-14-43(36-42)58-52-22-6-3-16-49(52)50-17-4-7-23-53(50)58/h1-36H. The molecule has 0 N–H and O–H groups in total. The van der Waals surface area contributed by atoms with Crippen LogP contribution in [0.2, 0.25) is 0 Å². The Morgan fingerprint density at radius 2 is 0.898 bits per heavy atom. The zero-order chi connectivity index (χ0) is 38.9. The smallest absolute Gasteiger partial charge is 0.0541 e. The molecule has 0 aliphatic carbocycles. The zero-order valence-corrected chi connectivity index (χ0v) is 32.9. The molecule has 0 bridgehead atoms. The molecular formula is C56H36N2S. The van der Waals surface area contributed by atoms with Gasteiger partial charge < -0.3 is 9.47 Å². The highest BCUT2D eigenvalue weighted by molar-refractivity contribution is 7.25. The summed E-state index contributed by atoms with van der Waals surface area (Å²) in [6.45, 7) is 0. The van der Waals surface area contributed by atoms with E-state index in [1.807, 2.05) is 11.3 Å². The Bertz CT molecular complexity index is 3500. The van der Waals surface area contributed by atoms with Crippen LogP contribution < -0.4 is 4.90 Å². The molecule has 276 valence electrons. The van der Waals surface area contributed by atoms with Gasteiger partial charge in [0.05, 0.1) is 11.0 Å². The van der Waals surface area contributed by atoms with Gasteiger partial charge >= 0.3 is 0 Å².